The van der Waals surface area contributed by atoms with Gasteiger partial charge < -0.3 is 0 Å². The topological polar surface area (TPSA) is 75.7 Å². The molecule has 22 heavy (non-hydrogen) atoms. The predicted octanol–water partition coefficient (Wildman–Crippen LogP) is 2.04. The number of anilines is 1. The molecule has 0 bridgehead atoms. The standard InChI is InChI=1S/C15H16N2O4S/c1-12-8-6-7-11-14(12)17(21-2)22(19,20)16-15(18)13-9-4-3-5-10-13/h3-11H,1-2H3,(H,16,18). The van der Waals surface area contributed by atoms with Gasteiger partial charge in [0.2, 0.25) is 0 Å². The predicted molar refractivity (Wildman–Crippen MR) is 83.5 cm³/mol. The molecule has 7 heteroatoms. The van der Waals surface area contributed by atoms with Crippen LogP contribution in [0.4, 0.5) is 5.69 Å². The molecule has 0 heterocycles. The van der Waals surface area contributed by atoms with Gasteiger partial charge in [0.05, 0.1) is 12.8 Å². The molecule has 2 aromatic carbocycles. The van der Waals surface area contributed by atoms with Crippen LogP contribution in [0, 0.1) is 6.92 Å². The third-order valence-electron chi connectivity index (χ3n) is 2.95. The van der Waals surface area contributed by atoms with E-state index < -0.39 is 16.1 Å². The maximum Gasteiger partial charge on any atom is 0.349 e. The SMILES string of the molecule is CON(c1ccccc1C)S(=O)(=O)NC(=O)c1ccccc1. The monoisotopic (exact) mass is 320 g/mol. The molecule has 6 nitrogen and oxygen atoms in total. The number of nitrogens with one attached hydrogen (secondary N) is 1. The Labute approximate surface area is 129 Å². The van der Waals surface area contributed by atoms with Crippen LogP contribution in [0.1, 0.15) is 15.9 Å². The number of rotatable bonds is 5. The van der Waals surface area contributed by atoms with Crippen LogP contribution in [0.5, 0.6) is 0 Å². The van der Waals surface area contributed by atoms with Crippen LogP contribution in [0.25, 0.3) is 0 Å². The van der Waals surface area contributed by atoms with E-state index in [-0.39, 0.29) is 5.56 Å². The van der Waals surface area contributed by atoms with Crippen molar-refractivity contribution in [3.63, 3.8) is 0 Å². The number of amides is 1. The van der Waals surface area contributed by atoms with E-state index in [0.717, 1.165) is 0 Å². The normalized spacial score (nSPS) is 11.0. The van der Waals surface area contributed by atoms with Crippen LogP contribution in [0.2, 0.25) is 0 Å². The Kier molecular flexibility index (Phi) is 4.79. The molecule has 0 fully saturated rings. The first-order valence-corrected chi connectivity index (χ1v) is 7.92. The molecule has 2 rings (SSSR count). The number of hydrogen-bond donors (Lipinski definition) is 1. The minimum absolute atomic E-state index is 0.243. The Hall–Kier alpha value is -2.38. The van der Waals surface area contributed by atoms with Crippen molar-refractivity contribution in [2.75, 3.05) is 11.6 Å². The highest BCUT2D eigenvalue weighted by atomic mass is 32.2. The highest BCUT2D eigenvalue weighted by Gasteiger charge is 2.26. The summed E-state index contributed by atoms with van der Waals surface area (Å²) in [7, 11) is -2.96. The molecule has 0 unspecified atom stereocenters. The molecule has 0 aliphatic carbocycles. The quantitative estimate of drug-likeness (QED) is 0.855. The van der Waals surface area contributed by atoms with Gasteiger partial charge in [-0.3, -0.25) is 9.63 Å². The van der Waals surface area contributed by atoms with Crippen molar-refractivity contribution in [1.29, 1.82) is 0 Å². The van der Waals surface area contributed by atoms with Gasteiger partial charge in [0, 0.05) is 5.56 Å². The summed E-state index contributed by atoms with van der Waals surface area (Å²) in [6, 6.07) is 14.9. The second-order valence-corrected chi connectivity index (χ2v) is 5.98. The summed E-state index contributed by atoms with van der Waals surface area (Å²) in [4.78, 5) is 17.0. The minimum atomic E-state index is -4.18. The van der Waals surface area contributed by atoms with Crippen LogP contribution in [-0.4, -0.2) is 21.4 Å². The van der Waals surface area contributed by atoms with Crippen molar-refractivity contribution < 1.29 is 18.0 Å². The molecule has 2 aromatic rings. The van der Waals surface area contributed by atoms with Crippen LogP contribution in [-0.2, 0) is 15.0 Å². The third kappa shape index (κ3) is 3.44. The molecule has 0 aliphatic rings. The number of aryl methyl sites for hydroxylation is 1. The summed E-state index contributed by atoms with van der Waals surface area (Å²) in [5.74, 6) is -0.726. The van der Waals surface area contributed by atoms with E-state index in [2.05, 4.69) is 0 Å². The number of benzene rings is 2. The van der Waals surface area contributed by atoms with Gasteiger partial charge in [0.25, 0.3) is 5.91 Å². The van der Waals surface area contributed by atoms with Crippen LogP contribution in [0.15, 0.2) is 54.6 Å². The summed E-state index contributed by atoms with van der Waals surface area (Å²) in [5.41, 5.74) is 1.27. The van der Waals surface area contributed by atoms with Gasteiger partial charge >= 0.3 is 10.2 Å². The Balaban J connectivity index is 2.29. The average Bonchev–Trinajstić information content (AvgIpc) is 2.50. The summed E-state index contributed by atoms with van der Waals surface area (Å²) in [6.07, 6.45) is 0. The Morgan fingerprint density at radius 1 is 1.05 bits per heavy atom. The average molecular weight is 320 g/mol. The lowest BCUT2D eigenvalue weighted by molar-refractivity contribution is 0.0978. The highest BCUT2D eigenvalue weighted by Crippen LogP contribution is 2.21. The van der Waals surface area contributed by atoms with Gasteiger partial charge in [-0.15, -0.1) is 4.47 Å². The number of para-hydroxylation sites is 1. The molecule has 0 aromatic heterocycles. The summed E-state index contributed by atoms with van der Waals surface area (Å²) in [6.45, 7) is 1.75. The molecule has 0 atom stereocenters. The third-order valence-corrected chi connectivity index (χ3v) is 4.18. The highest BCUT2D eigenvalue weighted by molar-refractivity contribution is 7.91. The largest absolute Gasteiger partial charge is 0.349 e. The fourth-order valence-electron chi connectivity index (χ4n) is 1.90. The van der Waals surface area contributed by atoms with E-state index in [4.69, 9.17) is 4.84 Å². The van der Waals surface area contributed by atoms with E-state index in [1.54, 1.807) is 49.4 Å². The van der Waals surface area contributed by atoms with E-state index in [0.29, 0.717) is 15.7 Å². The molecule has 1 amide bonds. The lowest BCUT2D eigenvalue weighted by Gasteiger charge is -2.22. The molecule has 0 radical (unpaired) electrons. The maximum absolute atomic E-state index is 12.4. The van der Waals surface area contributed by atoms with Gasteiger partial charge in [0.1, 0.15) is 0 Å². The molecular weight excluding hydrogens is 304 g/mol. The van der Waals surface area contributed by atoms with E-state index in [1.165, 1.54) is 19.2 Å². The Morgan fingerprint density at radius 2 is 1.64 bits per heavy atom. The molecule has 0 aliphatic heterocycles. The first-order chi connectivity index (χ1) is 10.5. The van der Waals surface area contributed by atoms with E-state index >= 15 is 0 Å². The smallest absolute Gasteiger partial charge is 0.268 e. The summed E-state index contributed by atoms with van der Waals surface area (Å²) >= 11 is 0. The second-order valence-electron chi connectivity index (χ2n) is 4.50. The lowest BCUT2D eigenvalue weighted by atomic mass is 10.2. The zero-order valence-electron chi connectivity index (χ0n) is 12.2. The first-order valence-electron chi connectivity index (χ1n) is 6.48. The van der Waals surface area contributed by atoms with Crippen LogP contribution >= 0.6 is 0 Å². The van der Waals surface area contributed by atoms with Crippen molar-refractivity contribution in [3.8, 4) is 0 Å². The molecular formula is C15H16N2O4S. The van der Waals surface area contributed by atoms with Crippen molar-refractivity contribution in [2.24, 2.45) is 0 Å². The fourth-order valence-corrected chi connectivity index (χ4v) is 3.00. The molecule has 0 saturated carbocycles. The van der Waals surface area contributed by atoms with E-state index in [1.807, 2.05) is 4.72 Å². The van der Waals surface area contributed by atoms with Crippen LogP contribution < -0.4 is 9.19 Å². The minimum Gasteiger partial charge on any atom is -0.268 e. The van der Waals surface area contributed by atoms with Gasteiger partial charge in [0.15, 0.2) is 0 Å². The van der Waals surface area contributed by atoms with Crippen molar-refractivity contribution in [1.82, 2.24) is 4.72 Å². The van der Waals surface area contributed by atoms with Gasteiger partial charge in [-0.05, 0) is 30.7 Å². The van der Waals surface area contributed by atoms with Crippen molar-refractivity contribution in [3.05, 3.63) is 65.7 Å². The summed E-state index contributed by atoms with van der Waals surface area (Å²) < 4.78 is 27.4. The zero-order valence-corrected chi connectivity index (χ0v) is 13.0. The number of carbonyl (C=O) groups is 1. The maximum atomic E-state index is 12.4. The van der Waals surface area contributed by atoms with E-state index in [9.17, 15) is 13.2 Å². The zero-order chi connectivity index (χ0) is 16.2. The molecule has 116 valence electrons. The number of nitrogens with zero attached hydrogens (tertiary/aromatic N) is 1. The first kappa shape index (κ1) is 16.0. The Bertz CT molecular complexity index is 760. The van der Waals surface area contributed by atoms with Crippen molar-refractivity contribution >= 4 is 21.8 Å². The summed E-state index contributed by atoms with van der Waals surface area (Å²) in [5, 5.41) is 0. The molecule has 1 N–H and O–H groups in total. The molecule has 0 saturated heterocycles. The molecule has 0 spiro atoms. The Morgan fingerprint density at radius 3 is 2.23 bits per heavy atom. The van der Waals surface area contributed by atoms with Crippen molar-refractivity contribution in [2.45, 2.75) is 6.92 Å². The number of hydrogen-bond acceptors (Lipinski definition) is 4. The van der Waals surface area contributed by atoms with Gasteiger partial charge in [-0.25, -0.2) is 4.72 Å². The number of carbonyl (C=O) groups excluding carboxylic acids is 1. The van der Waals surface area contributed by atoms with Gasteiger partial charge in [-0.2, -0.15) is 8.42 Å². The fraction of sp³-hybridized carbons (Fsp3) is 0.133. The lowest BCUT2D eigenvalue weighted by Crippen LogP contribution is -2.43. The van der Waals surface area contributed by atoms with Gasteiger partial charge in [-0.1, -0.05) is 36.4 Å². The van der Waals surface area contributed by atoms with Crippen LogP contribution in [0.3, 0.4) is 0 Å². The second kappa shape index (κ2) is 6.59.